The molecule has 0 saturated carbocycles. The van der Waals surface area contributed by atoms with Crippen LogP contribution in [0.4, 0.5) is 0 Å². The molecule has 1 aromatic carbocycles. The van der Waals surface area contributed by atoms with Crippen LogP contribution < -0.4 is 15.5 Å². The van der Waals surface area contributed by atoms with Crippen LogP contribution in [0.3, 0.4) is 0 Å². The number of hydrogen-bond donors (Lipinski definition) is 2. The van der Waals surface area contributed by atoms with Gasteiger partial charge >= 0.3 is 0 Å². The summed E-state index contributed by atoms with van der Waals surface area (Å²) in [6, 6.07) is 5.60. The molecule has 24 heavy (non-hydrogen) atoms. The largest absolute Gasteiger partial charge is 0.483 e. The second-order valence-electron chi connectivity index (χ2n) is 5.98. The molecule has 1 aromatic rings. The van der Waals surface area contributed by atoms with Crippen LogP contribution in [0, 0.1) is 12.8 Å². The van der Waals surface area contributed by atoms with Crippen LogP contribution in [0.25, 0.3) is 0 Å². The van der Waals surface area contributed by atoms with E-state index in [4.69, 9.17) is 4.74 Å². The van der Waals surface area contributed by atoms with Crippen molar-refractivity contribution in [1.29, 1.82) is 0 Å². The summed E-state index contributed by atoms with van der Waals surface area (Å²) >= 11 is 3.38. The van der Waals surface area contributed by atoms with E-state index in [1.54, 1.807) is 13.0 Å². The highest BCUT2D eigenvalue weighted by Gasteiger charge is 2.07. The fourth-order valence-electron chi connectivity index (χ4n) is 1.71. The minimum atomic E-state index is -0.385. The second-order valence-corrected chi connectivity index (χ2v) is 6.83. The van der Waals surface area contributed by atoms with Gasteiger partial charge in [0.05, 0.1) is 10.9 Å². The summed E-state index contributed by atoms with van der Waals surface area (Å²) in [6.07, 6.45) is 0.150. The zero-order valence-corrected chi connectivity index (χ0v) is 16.1. The number of ether oxygens (including phenoxy) is 1. The topological polar surface area (TPSA) is 79.8 Å². The summed E-state index contributed by atoms with van der Waals surface area (Å²) in [5.74, 6) is 0.483. The lowest BCUT2D eigenvalue weighted by atomic mass is 10.2. The van der Waals surface area contributed by atoms with Gasteiger partial charge < -0.3 is 10.1 Å². The van der Waals surface area contributed by atoms with Crippen molar-refractivity contribution in [2.45, 2.75) is 34.1 Å². The lowest BCUT2D eigenvalue weighted by Gasteiger charge is -2.09. The monoisotopic (exact) mass is 397 g/mol. The molecule has 2 N–H and O–H groups in total. The van der Waals surface area contributed by atoms with Crippen molar-refractivity contribution >= 4 is 33.5 Å². The third kappa shape index (κ3) is 8.10. The fourth-order valence-corrected chi connectivity index (χ4v) is 2.32. The van der Waals surface area contributed by atoms with E-state index in [1.165, 1.54) is 0 Å². The Hall–Kier alpha value is -1.89. The first-order chi connectivity index (χ1) is 11.3. The summed E-state index contributed by atoms with van der Waals surface area (Å²) in [5, 5.41) is 6.70. The third-order valence-corrected chi connectivity index (χ3v) is 3.56. The summed E-state index contributed by atoms with van der Waals surface area (Å²) < 4.78 is 6.21. The van der Waals surface area contributed by atoms with Gasteiger partial charge in [0.15, 0.2) is 6.61 Å². The Bertz CT molecular complexity index is 615. The highest BCUT2D eigenvalue weighted by molar-refractivity contribution is 9.10. The van der Waals surface area contributed by atoms with Gasteiger partial charge in [-0.1, -0.05) is 19.9 Å². The molecule has 2 amide bonds. The quantitative estimate of drug-likeness (QED) is 0.522. The zero-order valence-electron chi connectivity index (χ0n) is 14.5. The number of rotatable bonds is 8. The number of nitrogens with one attached hydrogen (secondary N) is 2. The van der Waals surface area contributed by atoms with Gasteiger partial charge in [-0.3, -0.25) is 9.59 Å². The van der Waals surface area contributed by atoms with E-state index in [0.29, 0.717) is 23.9 Å². The van der Waals surface area contributed by atoms with Gasteiger partial charge in [0.2, 0.25) is 5.91 Å². The van der Waals surface area contributed by atoms with E-state index >= 15 is 0 Å². The molecule has 1 rings (SSSR count). The summed E-state index contributed by atoms with van der Waals surface area (Å²) in [5.41, 5.74) is 4.00. The normalized spacial score (nSPS) is 11.3. The van der Waals surface area contributed by atoms with Crippen LogP contribution in [0.5, 0.6) is 5.75 Å². The maximum absolute atomic E-state index is 11.7. The number of carbonyl (C=O) groups excluding carboxylic acids is 2. The zero-order chi connectivity index (χ0) is 18.1. The van der Waals surface area contributed by atoms with E-state index < -0.39 is 0 Å². The molecule has 0 aliphatic carbocycles. The molecule has 0 bridgehead atoms. The Labute approximate surface area is 151 Å². The van der Waals surface area contributed by atoms with Crippen LogP contribution in [0.15, 0.2) is 27.8 Å². The SMILES string of the molecule is C/C(CC(=O)NCC(C)C)=N\NC(=O)COc1ccc(C)cc1Br. The smallest absolute Gasteiger partial charge is 0.277 e. The lowest BCUT2D eigenvalue weighted by molar-refractivity contribution is -0.123. The maximum Gasteiger partial charge on any atom is 0.277 e. The number of benzene rings is 1. The number of hydrogen-bond acceptors (Lipinski definition) is 4. The average molecular weight is 398 g/mol. The van der Waals surface area contributed by atoms with Gasteiger partial charge in [-0.05, 0) is 53.4 Å². The van der Waals surface area contributed by atoms with Gasteiger partial charge in [0.25, 0.3) is 5.91 Å². The Morgan fingerprint density at radius 1 is 1.29 bits per heavy atom. The predicted molar refractivity (Wildman–Crippen MR) is 98.1 cm³/mol. The number of carbonyl (C=O) groups is 2. The van der Waals surface area contributed by atoms with Crippen molar-refractivity contribution in [3.63, 3.8) is 0 Å². The molecule has 0 aromatic heterocycles. The van der Waals surface area contributed by atoms with Crippen LogP contribution in [0.2, 0.25) is 0 Å². The summed E-state index contributed by atoms with van der Waals surface area (Å²) in [4.78, 5) is 23.4. The first-order valence-corrected chi connectivity index (χ1v) is 8.55. The standard InChI is InChI=1S/C17H24BrN3O3/c1-11(2)9-19-16(22)8-13(4)20-21-17(23)10-24-15-6-5-12(3)7-14(15)18/h5-7,11H,8-10H2,1-4H3,(H,19,22)(H,21,23)/b20-13+. The Balaban J connectivity index is 2.37. The number of halogens is 1. The fraction of sp³-hybridized carbons (Fsp3) is 0.471. The van der Waals surface area contributed by atoms with E-state index in [0.717, 1.165) is 10.0 Å². The molecule has 0 radical (unpaired) electrons. The molecule has 0 saturated heterocycles. The molecule has 0 aliphatic rings. The lowest BCUT2D eigenvalue weighted by Crippen LogP contribution is -2.30. The van der Waals surface area contributed by atoms with Crippen molar-refractivity contribution in [2.24, 2.45) is 11.0 Å². The minimum absolute atomic E-state index is 0.112. The van der Waals surface area contributed by atoms with Crippen LogP contribution in [-0.2, 0) is 9.59 Å². The van der Waals surface area contributed by atoms with Gasteiger partial charge in [0, 0.05) is 12.3 Å². The average Bonchev–Trinajstić information content (AvgIpc) is 2.50. The van der Waals surface area contributed by atoms with E-state index in [2.05, 4.69) is 31.8 Å². The van der Waals surface area contributed by atoms with Crippen LogP contribution in [-0.4, -0.2) is 30.7 Å². The van der Waals surface area contributed by atoms with Gasteiger partial charge in [-0.25, -0.2) is 5.43 Å². The van der Waals surface area contributed by atoms with E-state index in [-0.39, 0.29) is 24.8 Å². The number of aryl methyl sites for hydroxylation is 1. The second kappa shape index (κ2) is 10.1. The van der Waals surface area contributed by atoms with Crippen molar-refractivity contribution in [3.05, 3.63) is 28.2 Å². The summed E-state index contributed by atoms with van der Waals surface area (Å²) in [7, 11) is 0. The molecule has 0 fully saturated rings. The molecule has 6 nitrogen and oxygen atoms in total. The molecule has 7 heteroatoms. The molecule has 0 heterocycles. The Morgan fingerprint density at radius 3 is 2.62 bits per heavy atom. The van der Waals surface area contributed by atoms with E-state index in [1.807, 2.05) is 32.9 Å². The summed E-state index contributed by atoms with van der Waals surface area (Å²) in [6.45, 7) is 8.17. The number of nitrogens with zero attached hydrogens (tertiary/aromatic N) is 1. The maximum atomic E-state index is 11.7. The highest BCUT2D eigenvalue weighted by atomic mass is 79.9. The highest BCUT2D eigenvalue weighted by Crippen LogP contribution is 2.25. The number of hydrazone groups is 1. The third-order valence-electron chi connectivity index (χ3n) is 2.94. The van der Waals surface area contributed by atoms with E-state index in [9.17, 15) is 9.59 Å². The molecule has 132 valence electrons. The molecule has 0 unspecified atom stereocenters. The Morgan fingerprint density at radius 2 is 2.00 bits per heavy atom. The first kappa shape index (κ1) is 20.2. The van der Waals surface area contributed by atoms with Crippen LogP contribution >= 0.6 is 15.9 Å². The predicted octanol–water partition coefficient (Wildman–Crippen LogP) is 2.79. The van der Waals surface area contributed by atoms with Gasteiger partial charge in [0.1, 0.15) is 5.75 Å². The van der Waals surface area contributed by atoms with Gasteiger partial charge in [-0.15, -0.1) is 0 Å². The molecular formula is C17H24BrN3O3. The van der Waals surface area contributed by atoms with Crippen molar-refractivity contribution < 1.29 is 14.3 Å². The minimum Gasteiger partial charge on any atom is -0.483 e. The van der Waals surface area contributed by atoms with Crippen molar-refractivity contribution in [1.82, 2.24) is 10.7 Å². The van der Waals surface area contributed by atoms with Gasteiger partial charge in [-0.2, -0.15) is 5.10 Å². The first-order valence-electron chi connectivity index (χ1n) is 7.75. The molecule has 0 spiro atoms. The molecular weight excluding hydrogens is 374 g/mol. The Kier molecular flexibility index (Phi) is 8.46. The van der Waals surface area contributed by atoms with Crippen LogP contribution in [0.1, 0.15) is 32.8 Å². The molecule has 0 atom stereocenters. The van der Waals surface area contributed by atoms with Crippen molar-refractivity contribution in [2.75, 3.05) is 13.2 Å². The number of amides is 2. The van der Waals surface area contributed by atoms with Crippen molar-refractivity contribution in [3.8, 4) is 5.75 Å². The molecule has 0 aliphatic heterocycles.